The maximum absolute atomic E-state index is 13.1. The predicted octanol–water partition coefficient (Wildman–Crippen LogP) is 6.52. The summed E-state index contributed by atoms with van der Waals surface area (Å²) in [6.07, 6.45) is 0. The van der Waals surface area contributed by atoms with Crippen LogP contribution in [0, 0.1) is 0 Å². The van der Waals surface area contributed by atoms with Gasteiger partial charge in [0.25, 0.3) is 0 Å². The maximum Gasteiger partial charge on any atom is 0.236 e. The first-order chi connectivity index (χ1) is 12.5. The van der Waals surface area contributed by atoms with Gasteiger partial charge in [0, 0.05) is 11.1 Å². The van der Waals surface area contributed by atoms with Crippen molar-refractivity contribution in [1.29, 1.82) is 0 Å². The second kappa shape index (κ2) is 6.84. The Balaban J connectivity index is 1.76. The number of hydrogen-bond donors (Lipinski definition) is 1. The van der Waals surface area contributed by atoms with E-state index in [9.17, 15) is 4.79 Å². The SMILES string of the molecule is O=C(Nc1cc(Cl)c(Cl)cc1Cl)C1c2ccccc2Oc2ccccc21. The molecule has 0 unspecified atom stereocenters. The Hall–Kier alpha value is -2.20. The lowest BCUT2D eigenvalue weighted by Gasteiger charge is -2.27. The highest BCUT2D eigenvalue weighted by Gasteiger charge is 2.32. The Morgan fingerprint density at radius 1 is 0.808 bits per heavy atom. The van der Waals surface area contributed by atoms with Crippen LogP contribution in [-0.2, 0) is 4.79 Å². The Labute approximate surface area is 165 Å². The summed E-state index contributed by atoms with van der Waals surface area (Å²) in [5.41, 5.74) is 1.99. The van der Waals surface area contributed by atoms with Crippen molar-refractivity contribution < 1.29 is 9.53 Å². The number of nitrogens with one attached hydrogen (secondary N) is 1. The number of rotatable bonds is 2. The highest BCUT2D eigenvalue weighted by Crippen LogP contribution is 2.44. The molecule has 0 bridgehead atoms. The van der Waals surface area contributed by atoms with Crippen molar-refractivity contribution in [2.24, 2.45) is 0 Å². The molecule has 0 spiro atoms. The van der Waals surface area contributed by atoms with Crippen LogP contribution in [0.2, 0.25) is 15.1 Å². The highest BCUT2D eigenvalue weighted by atomic mass is 35.5. The molecule has 1 N–H and O–H groups in total. The fourth-order valence-corrected chi connectivity index (χ4v) is 3.61. The van der Waals surface area contributed by atoms with E-state index in [2.05, 4.69) is 5.32 Å². The van der Waals surface area contributed by atoms with Gasteiger partial charge in [-0.15, -0.1) is 0 Å². The van der Waals surface area contributed by atoms with Crippen LogP contribution < -0.4 is 10.1 Å². The molecule has 1 aliphatic heterocycles. The molecule has 1 amide bonds. The first-order valence-electron chi connectivity index (χ1n) is 7.85. The zero-order chi connectivity index (χ0) is 18.3. The van der Waals surface area contributed by atoms with Crippen LogP contribution in [0.25, 0.3) is 0 Å². The number of benzene rings is 3. The molecule has 130 valence electrons. The monoisotopic (exact) mass is 403 g/mol. The maximum atomic E-state index is 13.1. The fraction of sp³-hybridized carbons (Fsp3) is 0.0500. The van der Waals surface area contributed by atoms with Gasteiger partial charge in [-0.1, -0.05) is 71.2 Å². The van der Waals surface area contributed by atoms with Gasteiger partial charge in [0.2, 0.25) is 5.91 Å². The number of fused-ring (bicyclic) bond motifs is 2. The predicted molar refractivity (Wildman–Crippen MR) is 105 cm³/mol. The van der Waals surface area contributed by atoms with E-state index in [0.717, 1.165) is 11.1 Å². The van der Waals surface area contributed by atoms with Crippen LogP contribution in [0.3, 0.4) is 0 Å². The zero-order valence-corrected chi connectivity index (χ0v) is 15.6. The van der Waals surface area contributed by atoms with Crippen molar-refractivity contribution >= 4 is 46.4 Å². The van der Waals surface area contributed by atoms with Gasteiger partial charge in [0.1, 0.15) is 11.5 Å². The molecule has 0 fully saturated rings. The Morgan fingerprint density at radius 2 is 1.35 bits per heavy atom. The molecule has 0 radical (unpaired) electrons. The second-order valence-corrected chi connectivity index (χ2v) is 7.07. The molecule has 0 saturated carbocycles. The minimum Gasteiger partial charge on any atom is -0.457 e. The van der Waals surface area contributed by atoms with Gasteiger partial charge >= 0.3 is 0 Å². The van der Waals surface area contributed by atoms with Crippen LogP contribution in [-0.4, -0.2) is 5.91 Å². The molecule has 0 aromatic heterocycles. The molecule has 0 saturated heterocycles. The summed E-state index contributed by atoms with van der Waals surface area (Å²) in [6, 6.07) is 18.0. The van der Waals surface area contributed by atoms with Crippen LogP contribution in [0.1, 0.15) is 17.0 Å². The van der Waals surface area contributed by atoms with Crippen LogP contribution in [0.4, 0.5) is 5.69 Å². The van der Waals surface area contributed by atoms with Gasteiger partial charge in [0.15, 0.2) is 0 Å². The molecule has 1 aliphatic rings. The molecule has 1 heterocycles. The number of halogens is 3. The minimum absolute atomic E-state index is 0.228. The third-order valence-corrected chi connectivity index (χ3v) is 5.24. The third kappa shape index (κ3) is 3.03. The lowest BCUT2D eigenvalue weighted by molar-refractivity contribution is -0.116. The normalized spacial score (nSPS) is 12.7. The molecule has 6 heteroatoms. The van der Waals surface area contributed by atoms with E-state index >= 15 is 0 Å². The molecule has 4 rings (SSSR count). The Bertz CT molecular complexity index is 974. The largest absolute Gasteiger partial charge is 0.457 e. The molecule has 3 nitrogen and oxygen atoms in total. The van der Waals surface area contributed by atoms with E-state index in [-0.39, 0.29) is 5.91 Å². The fourth-order valence-electron chi connectivity index (χ4n) is 3.02. The summed E-state index contributed by atoms with van der Waals surface area (Å²) in [4.78, 5) is 13.1. The molecule has 3 aromatic carbocycles. The summed E-state index contributed by atoms with van der Waals surface area (Å²) in [6.45, 7) is 0. The van der Waals surface area contributed by atoms with Gasteiger partial charge < -0.3 is 10.1 Å². The van der Waals surface area contributed by atoms with Gasteiger partial charge in [-0.2, -0.15) is 0 Å². The van der Waals surface area contributed by atoms with Gasteiger partial charge in [-0.05, 0) is 24.3 Å². The molecular weight excluding hydrogens is 393 g/mol. The number of para-hydroxylation sites is 2. The van der Waals surface area contributed by atoms with E-state index in [1.165, 1.54) is 6.07 Å². The standard InChI is InChI=1S/C20H12Cl3NO2/c21-13-9-15(23)16(10-14(13)22)24-20(25)19-11-5-1-3-7-17(11)26-18-8-4-2-6-12(18)19/h1-10,19H,(H,24,25). The van der Waals surface area contributed by atoms with Crippen LogP contribution in [0.15, 0.2) is 60.7 Å². The number of ether oxygens (including phenoxy) is 1. The molecule has 0 atom stereocenters. The van der Waals surface area contributed by atoms with Crippen molar-refractivity contribution in [2.45, 2.75) is 5.92 Å². The number of hydrogen-bond acceptors (Lipinski definition) is 2. The van der Waals surface area contributed by atoms with E-state index in [1.807, 2.05) is 48.5 Å². The average Bonchev–Trinajstić information content (AvgIpc) is 2.64. The number of anilines is 1. The molecule has 26 heavy (non-hydrogen) atoms. The van der Waals surface area contributed by atoms with E-state index in [0.29, 0.717) is 32.3 Å². The lowest BCUT2D eigenvalue weighted by Crippen LogP contribution is -2.25. The first kappa shape index (κ1) is 17.2. The summed E-state index contributed by atoms with van der Waals surface area (Å²) in [5.74, 6) is 0.563. The molecular formula is C20H12Cl3NO2. The van der Waals surface area contributed by atoms with Gasteiger partial charge in [0.05, 0.1) is 26.7 Å². The first-order valence-corrected chi connectivity index (χ1v) is 8.99. The zero-order valence-electron chi connectivity index (χ0n) is 13.3. The Morgan fingerprint density at radius 3 is 1.96 bits per heavy atom. The second-order valence-electron chi connectivity index (χ2n) is 5.85. The number of carbonyl (C=O) groups is 1. The Kier molecular flexibility index (Phi) is 4.53. The quantitative estimate of drug-likeness (QED) is 0.494. The van der Waals surface area contributed by atoms with Gasteiger partial charge in [-0.25, -0.2) is 0 Å². The summed E-state index contributed by atoms with van der Waals surface area (Å²) < 4.78 is 5.92. The third-order valence-electron chi connectivity index (χ3n) is 4.21. The highest BCUT2D eigenvalue weighted by molar-refractivity contribution is 6.44. The van der Waals surface area contributed by atoms with Crippen molar-refractivity contribution in [2.75, 3.05) is 5.32 Å². The van der Waals surface area contributed by atoms with Gasteiger partial charge in [-0.3, -0.25) is 4.79 Å². The van der Waals surface area contributed by atoms with Crippen LogP contribution in [0.5, 0.6) is 11.5 Å². The summed E-state index contributed by atoms with van der Waals surface area (Å²) in [7, 11) is 0. The lowest BCUT2D eigenvalue weighted by atomic mass is 9.87. The summed E-state index contributed by atoms with van der Waals surface area (Å²) >= 11 is 18.2. The number of carbonyl (C=O) groups excluding carboxylic acids is 1. The van der Waals surface area contributed by atoms with E-state index in [1.54, 1.807) is 6.07 Å². The number of amides is 1. The van der Waals surface area contributed by atoms with Crippen LogP contribution >= 0.6 is 34.8 Å². The van der Waals surface area contributed by atoms with E-state index < -0.39 is 5.92 Å². The molecule has 3 aromatic rings. The van der Waals surface area contributed by atoms with E-state index in [4.69, 9.17) is 39.5 Å². The topological polar surface area (TPSA) is 38.3 Å². The van der Waals surface area contributed by atoms with Crippen molar-refractivity contribution in [3.05, 3.63) is 86.9 Å². The minimum atomic E-state index is -0.526. The van der Waals surface area contributed by atoms with Crippen molar-refractivity contribution in [1.82, 2.24) is 0 Å². The average molecular weight is 405 g/mol. The smallest absolute Gasteiger partial charge is 0.236 e. The van der Waals surface area contributed by atoms with Crippen molar-refractivity contribution in [3.8, 4) is 11.5 Å². The summed E-state index contributed by atoms with van der Waals surface area (Å²) in [5, 5.41) is 3.83. The molecule has 0 aliphatic carbocycles. The van der Waals surface area contributed by atoms with Crippen molar-refractivity contribution in [3.63, 3.8) is 0 Å².